The third kappa shape index (κ3) is 6.83. The van der Waals surface area contributed by atoms with E-state index in [1.807, 2.05) is 6.92 Å². The molecule has 0 saturated carbocycles. The van der Waals surface area contributed by atoms with Gasteiger partial charge in [0.25, 0.3) is 0 Å². The summed E-state index contributed by atoms with van der Waals surface area (Å²) in [4.78, 5) is 7.48. The summed E-state index contributed by atoms with van der Waals surface area (Å²) in [5.74, 6) is 1.39. The summed E-state index contributed by atoms with van der Waals surface area (Å²) in [5, 5.41) is 11.5. The van der Waals surface area contributed by atoms with Gasteiger partial charge in [-0.2, -0.15) is 5.10 Å². The number of piperidine rings is 1. The van der Waals surface area contributed by atoms with Gasteiger partial charge in [0.15, 0.2) is 5.96 Å². The van der Waals surface area contributed by atoms with Gasteiger partial charge in [0.2, 0.25) is 0 Å². The summed E-state index contributed by atoms with van der Waals surface area (Å²) in [6.07, 6.45) is 4.00. The van der Waals surface area contributed by atoms with E-state index in [1.165, 1.54) is 38.0 Å². The zero-order chi connectivity index (χ0) is 19.9. The van der Waals surface area contributed by atoms with Gasteiger partial charge in [0, 0.05) is 30.9 Å². The van der Waals surface area contributed by atoms with Gasteiger partial charge >= 0.3 is 0 Å². The van der Waals surface area contributed by atoms with Gasteiger partial charge in [-0.3, -0.25) is 14.6 Å². The molecule has 0 aliphatic carbocycles. The van der Waals surface area contributed by atoms with Crippen LogP contribution in [0.5, 0.6) is 0 Å². The number of hydrogen-bond donors (Lipinski definition) is 2. The van der Waals surface area contributed by atoms with Crippen LogP contribution in [0.15, 0.2) is 11.1 Å². The first-order valence-electron chi connectivity index (χ1n) is 10.6. The van der Waals surface area contributed by atoms with Crippen molar-refractivity contribution in [2.24, 2.45) is 10.9 Å². The Balaban J connectivity index is 1.87. The predicted octanol–water partition coefficient (Wildman–Crippen LogP) is 2.96. The van der Waals surface area contributed by atoms with Crippen LogP contribution in [0.1, 0.15) is 58.3 Å². The van der Waals surface area contributed by atoms with Crippen molar-refractivity contribution in [3.63, 3.8) is 0 Å². The smallest absolute Gasteiger partial charge is 0.191 e. The molecule has 0 amide bonds. The summed E-state index contributed by atoms with van der Waals surface area (Å²) in [6.45, 7) is 19.1. The molecule has 6 nitrogen and oxygen atoms in total. The van der Waals surface area contributed by atoms with E-state index in [9.17, 15) is 0 Å². The molecular formula is C21H40N6. The number of likely N-dealkylation sites (tertiary alicyclic amines) is 1. The fourth-order valence-electron chi connectivity index (χ4n) is 3.70. The molecule has 154 valence electrons. The highest BCUT2D eigenvalue weighted by molar-refractivity contribution is 5.79. The predicted molar refractivity (Wildman–Crippen MR) is 114 cm³/mol. The first-order valence-corrected chi connectivity index (χ1v) is 10.6. The van der Waals surface area contributed by atoms with E-state index in [0.717, 1.165) is 37.8 Å². The SMILES string of the molecule is CCNC(=NCC(C)(C)N1CCCCC1)NCC(C)Cn1nc(C)cc1C. The Labute approximate surface area is 165 Å². The monoisotopic (exact) mass is 376 g/mol. The topological polar surface area (TPSA) is 57.5 Å². The van der Waals surface area contributed by atoms with Crippen LogP contribution < -0.4 is 10.6 Å². The number of hydrogen-bond acceptors (Lipinski definition) is 3. The fraction of sp³-hybridized carbons (Fsp3) is 0.810. The molecule has 0 bridgehead atoms. The maximum Gasteiger partial charge on any atom is 0.191 e. The molecule has 1 aliphatic heterocycles. The van der Waals surface area contributed by atoms with E-state index in [0.29, 0.717) is 5.92 Å². The van der Waals surface area contributed by atoms with Crippen LogP contribution >= 0.6 is 0 Å². The molecule has 1 atom stereocenters. The third-order valence-electron chi connectivity index (χ3n) is 5.39. The van der Waals surface area contributed by atoms with Crippen LogP contribution in [0, 0.1) is 19.8 Å². The number of aromatic nitrogens is 2. The molecular weight excluding hydrogens is 336 g/mol. The number of aryl methyl sites for hydroxylation is 2. The van der Waals surface area contributed by atoms with Crippen molar-refractivity contribution >= 4 is 5.96 Å². The van der Waals surface area contributed by atoms with Crippen molar-refractivity contribution in [1.82, 2.24) is 25.3 Å². The van der Waals surface area contributed by atoms with Gasteiger partial charge in [0.05, 0.1) is 12.2 Å². The molecule has 1 aromatic rings. The lowest BCUT2D eigenvalue weighted by molar-refractivity contribution is 0.102. The van der Waals surface area contributed by atoms with E-state index in [1.54, 1.807) is 0 Å². The Morgan fingerprint density at radius 3 is 2.52 bits per heavy atom. The standard InChI is InChI=1S/C21H40N6/c1-7-22-20(24-16-21(5,6)26-11-9-8-10-12-26)23-14-17(2)15-27-19(4)13-18(3)25-27/h13,17H,7-12,14-16H2,1-6H3,(H2,22,23,24). The normalized spacial score (nSPS) is 17.8. The molecule has 1 aromatic heterocycles. The van der Waals surface area contributed by atoms with Gasteiger partial charge in [-0.15, -0.1) is 0 Å². The first kappa shape index (κ1) is 21.7. The maximum absolute atomic E-state index is 4.89. The highest BCUT2D eigenvalue weighted by atomic mass is 15.3. The lowest BCUT2D eigenvalue weighted by Crippen LogP contribution is -2.49. The summed E-state index contributed by atoms with van der Waals surface area (Å²) >= 11 is 0. The van der Waals surface area contributed by atoms with Gasteiger partial charge in [-0.1, -0.05) is 13.3 Å². The van der Waals surface area contributed by atoms with Crippen molar-refractivity contribution in [1.29, 1.82) is 0 Å². The molecule has 6 heteroatoms. The molecule has 0 spiro atoms. The van der Waals surface area contributed by atoms with E-state index < -0.39 is 0 Å². The minimum atomic E-state index is 0.109. The van der Waals surface area contributed by atoms with Gasteiger partial charge in [-0.05, 0) is 72.5 Å². The Hall–Kier alpha value is -1.56. The van der Waals surface area contributed by atoms with E-state index >= 15 is 0 Å². The highest BCUT2D eigenvalue weighted by Gasteiger charge is 2.27. The Morgan fingerprint density at radius 2 is 1.93 bits per heavy atom. The van der Waals surface area contributed by atoms with E-state index in [-0.39, 0.29) is 5.54 Å². The molecule has 1 saturated heterocycles. The first-order chi connectivity index (χ1) is 12.8. The van der Waals surface area contributed by atoms with Crippen molar-refractivity contribution in [3.8, 4) is 0 Å². The lowest BCUT2D eigenvalue weighted by Gasteiger charge is -2.40. The van der Waals surface area contributed by atoms with Crippen LogP contribution in [0.3, 0.4) is 0 Å². The Kier molecular flexibility index (Phi) is 8.14. The second-order valence-corrected chi connectivity index (χ2v) is 8.65. The average Bonchev–Trinajstić information content (AvgIpc) is 2.95. The minimum absolute atomic E-state index is 0.109. The molecule has 2 rings (SSSR count). The fourth-order valence-corrected chi connectivity index (χ4v) is 3.70. The molecule has 0 radical (unpaired) electrons. The lowest BCUT2D eigenvalue weighted by atomic mass is 9.99. The van der Waals surface area contributed by atoms with Crippen LogP contribution in [-0.2, 0) is 6.54 Å². The minimum Gasteiger partial charge on any atom is -0.357 e. The number of rotatable bonds is 8. The largest absolute Gasteiger partial charge is 0.357 e. The number of aliphatic imine (C=N–C) groups is 1. The van der Waals surface area contributed by atoms with Crippen molar-refractivity contribution < 1.29 is 0 Å². The van der Waals surface area contributed by atoms with Crippen molar-refractivity contribution in [2.45, 2.75) is 72.9 Å². The summed E-state index contributed by atoms with van der Waals surface area (Å²) in [7, 11) is 0. The highest BCUT2D eigenvalue weighted by Crippen LogP contribution is 2.20. The van der Waals surface area contributed by atoms with Crippen LogP contribution in [0.2, 0.25) is 0 Å². The number of guanidine groups is 1. The van der Waals surface area contributed by atoms with Gasteiger partial charge in [-0.25, -0.2) is 0 Å². The van der Waals surface area contributed by atoms with E-state index in [4.69, 9.17) is 4.99 Å². The van der Waals surface area contributed by atoms with Crippen LogP contribution in [0.25, 0.3) is 0 Å². The molecule has 27 heavy (non-hydrogen) atoms. The molecule has 1 aliphatic rings. The van der Waals surface area contributed by atoms with Gasteiger partial charge < -0.3 is 10.6 Å². The Morgan fingerprint density at radius 1 is 1.22 bits per heavy atom. The summed E-state index contributed by atoms with van der Waals surface area (Å²) in [6, 6.07) is 2.13. The van der Waals surface area contributed by atoms with E-state index in [2.05, 4.69) is 66.0 Å². The molecule has 1 fully saturated rings. The number of nitrogens with one attached hydrogen (secondary N) is 2. The van der Waals surface area contributed by atoms with Gasteiger partial charge in [0.1, 0.15) is 0 Å². The second kappa shape index (κ2) is 10.1. The third-order valence-corrected chi connectivity index (χ3v) is 5.39. The molecule has 2 N–H and O–H groups in total. The van der Waals surface area contributed by atoms with Crippen molar-refractivity contribution in [3.05, 3.63) is 17.5 Å². The second-order valence-electron chi connectivity index (χ2n) is 8.65. The molecule has 0 aromatic carbocycles. The molecule has 1 unspecified atom stereocenters. The van der Waals surface area contributed by atoms with Crippen LogP contribution in [-0.4, -0.2) is 58.9 Å². The van der Waals surface area contributed by atoms with Crippen molar-refractivity contribution in [2.75, 3.05) is 32.7 Å². The van der Waals surface area contributed by atoms with Crippen LogP contribution in [0.4, 0.5) is 0 Å². The zero-order valence-electron chi connectivity index (χ0n) is 18.3. The quantitative estimate of drug-likeness (QED) is 0.541. The average molecular weight is 377 g/mol. The zero-order valence-corrected chi connectivity index (χ0v) is 18.3. The summed E-state index contributed by atoms with van der Waals surface area (Å²) in [5.41, 5.74) is 2.42. The Bertz CT molecular complexity index is 598. The summed E-state index contributed by atoms with van der Waals surface area (Å²) < 4.78 is 2.10. The molecule has 2 heterocycles. The maximum atomic E-state index is 4.89. The number of nitrogens with zero attached hydrogens (tertiary/aromatic N) is 4.